The van der Waals surface area contributed by atoms with Gasteiger partial charge in [-0.05, 0) is 35.7 Å². The Kier molecular flexibility index (Phi) is 6.34. The number of nitrogens with zero attached hydrogens (tertiary/aromatic N) is 1. The van der Waals surface area contributed by atoms with Crippen molar-refractivity contribution in [3.8, 4) is 22.4 Å². The molecular weight excluding hydrogens is 366 g/mol. The summed E-state index contributed by atoms with van der Waals surface area (Å²) in [7, 11) is 0. The molecule has 3 aromatic carbocycles. The maximum Gasteiger partial charge on any atom is 0.137 e. The van der Waals surface area contributed by atoms with Crippen LogP contribution in [0.1, 0.15) is 38.2 Å². The first-order chi connectivity index (χ1) is 14.7. The van der Waals surface area contributed by atoms with Crippen molar-refractivity contribution in [1.29, 1.82) is 0 Å². The molecule has 2 heteroatoms. The number of ketones is 1. The monoisotopic (exact) mass is 393 g/mol. The van der Waals surface area contributed by atoms with Crippen LogP contribution in [0.3, 0.4) is 0 Å². The molecule has 0 atom stereocenters. The molecule has 0 saturated heterocycles. The van der Waals surface area contributed by atoms with E-state index in [1.54, 1.807) is 0 Å². The molecule has 4 aromatic rings. The minimum atomic E-state index is 0.319. The fraction of sp³-hybridized carbons (Fsp3) is 0.214. The van der Waals surface area contributed by atoms with Crippen LogP contribution in [0, 0.1) is 0 Å². The molecule has 4 rings (SSSR count). The van der Waals surface area contributed by atoms with Gasteiger partial charge in [0, 0.05) is 29.4 Å². The predicted octanol–water partition coefficient (Wildman–Crippen LogP) is 7.26. The molecule has 0 aliphatic rings. The Morgan fingerprint density at radius 2 is 1.50 bits per heavy atom. The largest absolute Gasteiger partial charge is 0.299 e. The van der Waals surface area contributed by atoms with Gasteiger partial charge < -0.3 is 0 Å². The average molecular weight is 394 g/mol. The third-order valence-electron chi connectivity index (χ3n) is 5.47. The van der Waals surface area contributed by atoms with Gasteiger partial charge in [0.1, 0.15) is 5.78 Å². The molecule has 0 saturated carbocycles. The number of carbonyl (C=O) groups excluding carboxylic acids is 1. The van der Waals surface area contributed by atoms with Crippen molar-refractivity contribution in [2.75, 3.05) is 0 Å². The van der Waals surface area contributed by atoms with E-state index in [9.17, 15) is 4.79 Å². The molecule has 0 aliphatic heterocycles. The minimum absolute atomic E-state index is 0.319. The van der Waals surface area contributed by atoms with Gasteiger partial charge in [0.25, 0.3) is 0 Å². The fourth-order valence-corrected chi connectivity index (χ4v) is 3.88. The highest BCUT2D eigenvalue weighted by Gasteiger charge is 2.12. The van der Waals surface area contributed by atoms with Crippen LogP contribution in [0.2, 0.25) is 0 Å². The number of rotatable bonds is 8. The Balaban J connectivity index is 1.73. The molecule has 1 aromatic heterocycles. The van der Waals surface area contributed by atoms with Gasteiger partial charge >= 0.3 is 0 Å². The molecule has 0 unspecified atom stereocenters. The van der Waals surface area contributed by atoms with Crippen LogP contribution in [0.25, 0.3) is 33.3 Å². The number of unbranched alkanes of at least 4 members (excludes halogenated alkanes) is 2. The van der Waals surface area contributed by atoms with Gasteiger partial charge in [0.15, 0.2) is 0 Å². The van der Waals surface area contributed by atoms with Gasteiger partial charge in [-0.1, -0.05) is 86.5 Å². The summed E-state index contributed by atoms with van der Waals surface area (Å²) in [5, 5.41) is 1.08. The second kappa shape index (κ2) is 9.49. The second-order valence-corrected chi connectivity index (χ2v) is 7.82. The normalized spacial score (nSPS) is 11.0. The summed E-state index contributed by atoms with van der Waals surface area (Å²) in [5.74, 6) is 0.319. The average Bonchev–Trinajstić information content (AvgIpc) is 2.79. The fourth-order valence-electron chi connectivity index (χ4n) is 3.88. The summed E-state index contributed by atoms with van der Waals surface area (Å²) in [6.45, 7) is 2.16. The van der Waals surface area contributed by atoms with Crippen molar-refractivity contribution >= 4 is 16.7 Å². The molecule has 0 fully saturated rings. The Morgan fingerprint density at radius 3 is 2.20 bits per heavy atom. The number of fused-ring (bicyclic) bond motifs is 1. The number of carbonyl (C=O) groups is 1. The van der Waals surface area contributed by atoms with Gasteiger partial charge in [-0.3, -0.25) is 4.79 Å². The molecule has 0 radical (unpaired) electrons. The molecule has 0 aliphatic carbocycles. The van der Waals surface area contributed by atoms with Crippen LogP contribution in [-0.4, -0.2) is 10.8 Å². The van der Waals surface area contributed by atoms with Crippen molar-refractivity contribution in [3.05, 3.63) is 90.5 Å². The van der Waals surface area contributed by atoms with Gasteiger partial charge in [0.05, 0.1) is 11.2 Å². The third-order valence-corrected chi connectivity index (χ3v) is 5.47. The number of aromatic nitrogens is 1. The predicted molar refractivity (Wildman–Crippen MR) is 125 cm³/mol. The summed E-state index contributed by atoms with van der Waals surface area (Å²) >= 11 is 0. The maximum absolute atomic E-state index is 12.3. The van der Waals surface area contributed by atoms with Gasteiger partial charge in [0.2, 0.25) is 0 Å². The quantitative estimate of drug-likeness (QED) is 0.295. The van der Waals surface area contributed by atoms with Crippen LogP contribution in [0.15, 0.2) is 84.9 Å². The Morgan fingerprint density at radius 1 is 0.800 bits per heavy atom. The lowest BCUT2D eigenvalue weighted by molar-refractivity contribution is -0.118. The molecule has 1 heterocycles. The van der Waals surface area contributed by atoms with E-state index in [0.29, 0.717) is 18.6 Å². The van der Waals surface area contributed by atoms with Crippen LogP contribution >= 0.6 is 0 Å². The zero-order valence-corrected chi connectivity index (χ0v) is 17.5. The molecule has 150 valence electrons. The highest BCUT2D eigenvalue weighted by Crippen LogP contribution is 2.33. The number of pyridine rings is 1. The summed E-state index contributed by atoms with van der Waals surface area (Å²) in [5.41, 5.74) is 6.37. The highest BCUT2D eigenvalue weighted by molar-refractivity contribution is 5.92. The molecule has 0 N–H and O–H groups in total. The first-order valence-corrected chi connectivity index (χ1v) is 10.8. The topological polar surface area (TPSA) is 30.0 Å². The first kappa shape index (κ1) is 20.0. The van der Waals surface area contributed by atoms with E-state index in [-0.39, 0.29) is 0 Å². The number of Topliss-reactive ketones (excluding diaryl/α,β-unsaturated/α-hetero) is 1. The molecular formula is C28H27NO. The lowest BCUT2D eigenvalue weighted by Crippen LogP contribution is -2.02. The van der Waals surface area contributed by atoms with Gasteiger partial charge in [-0.25, -0.2) is 4.98 Å². The molecule has 30 heavy (non-hydrogen) atoms. The van der Waals surface area contributed by atoms with Crippen molar-refractivity contribution in [2.45, 2.75) is 39.0 Å². The Hall–Kier alpha value is -3.26. The molecule has 0 bridgehead atoms. The SMILES string of the molecule is CCCCCC(=O)Cc1ccc2nc(-c3ccccc3)c(-c3ccccc3)cc2c1. The first-order valence-electron chi connectivity index (χ1n) is 10.8. The summed E-state index contributed by atoms with van der Waals surface area (Å²) in [4.78, 5) is 17.4. The third kappa shape index (κ3) is 4.65. The van der Waals surface area contributed by atoms with Crippen molar-refractivity contribution in [2.24, 2.45) is 0 Å². The lowest BCUT2D eigenvalue weighted by atomic mass is 9.96. The van der Waals surface area contributed by atoms with Crippen LogP contribution in [0.5, 0.6) is 0 Å². The Labute approximate surface area is 178 Å². The van der Waals surface area contributed by atoms with Gasteiger partial charge in [-0.15, -0.1) is 0 Å². The summed E-state index contributed by atoms with van der Waals surface area (Å²) < 4.78 is 0. The van der Waals surface area contributed by atoms with Crippen molar-refractivity contribution in [3.63, 3.8) is 0 Å². The van der Waals surface area contributed by atoms with Crippen LogP contribution in [0.4, 0.5) is 0 Å². The summed E-state index contributed by atoms with van der Waals surface area (Å²) in [6.07, 6.45) is 4.42. The van der Waals surface area contributed by atoms with E-state index in [0.717, 1.165) is 58.1 Å². The van der Waals surface area contributed by atoms with E-state index in [2.05, 4.69) is 55.5 Å². The zero-order chi connectivity index (χ0) is 20.8. The highest BCUT2D eigenvalue weighted by atomic mass is 16.1. The minimum Gasteiger partial charge on any atom is -0.299 e. The smallest absolute Gasteiger partial charge is 0.137 e. The van der Waals surface area contributed by atoms with E-state index < -0.39 is 0 Å². The van der Waals surface area contributed by atoms with E-state index in [4.69, 9.17) is 4.98 Å². The molecule has 0 amide bonds. The van der Waals surface area contributed by atoms with Crippen molar-refractivity contribution < 1.29 is 4.79 Å². The zero-order valence-electron chi connectivity index (χ0n) is 17.5. The van der Waals surface area contributed by atoms with E-state index >= 15 is 0 Å². The lowest BCUT2D eigenvalue weighted by Gasteiger charge is -2.12. The van der Waals surface area contributed by atoms with Crippen LogP contribution < -0.4 is 0 Å². The Bertz CT molecular complexity index is 1130. The second-order valence-electron chi connectivity index (χ2n) is 7.82. The number of hydrogen-bond donors (Lipinski definition) is 0. The van der Waals surface area contributed by atoms with Gasteiger partial charge in [-0.2, -0.15) is 0 Å². The summed E-state index contributed by atoms with van der Waals surface area (Å²) in [6, 6.07) is 29.1. The standard InChI is InChI=1S/C28H27NO/c1-2-3-6-15-25(30)19-21-16-17-27-24(18-21)20-26(22-11-7-4-8-12-22)28(29-27)23-13-9-5-10-14-23/h4-5,7-14,16-18,20H,2-3,6,15,19H2,1H3. The van der Waals surface area contributed by atoms with E-state index in [1.807, 2.05) is 36.4 Å². The maximum atomic E-state index is 12.3. The van der Waals surface area contributed by atoms with Crippen molar-refractivity contribution in [1.82, 2.24) is 4.98 Å². The van der Waals surface area contributed by atoms with Crippen LogP contribution in [-0.2, 0) is 11.2 Å². The number of hydrogen-bond acceptors (Lipinski definition) is 2. The number of benzene rings is 3. The molecule has 0 spiro atoms. The van der Waals surface area contributed by atoms with E-state index in [1.165, 1.54) is 0 Å². The molecule has 2 nitrogen and oxygen atoms in total.